The maximum atomic E-state index is 12.9. The summed E-state index contributed by atoms with van der Waals surface area (Å²) in [5.41, 5.74) is 0.233. The molecule has 6 heteroatoms. The van der Waals surface area contributed by atoms with Crippen molar-refractivity contribution in [1.82, 2.24) is 10.3 Å². The zero-order valence-electron chi connectivity index (χ0n) is 12.1. The Morgan fingerprint density at radius 3 is 2.62 bits per heavy atom. The largest absolute Gasteiger partial charge is 0.466 e. The number of hydrogen-bond acceptors (Lipinski definition) is 3. The maximum absolute atomic E-state index is 12.9. The summed E-state index contributed by atoms with van der Waals surface area (Å²) < 4.78 is 44.1. The molecule has 0 radical (unpaired) electrons. The number of aryl methyl sites for hydroxylation is 2. The quantitative estimate of drug-likeness (QED) is 0.921. The standard InChI is InChI=1S/C15H17F3N2O/c1-9-7-12(11(3)21-9)10(2)20-8-14-13(15(16,17)18)5-4-6-19-14/h4-7,10,20H,8H2,1-3H3/t10-/m0/s1. The van der Waals surface area contributed by atoms with Gasteiger partial charge in [-0.25, -0.2) is 0 Å². The van der Waals surface area contributed by atoms with Crippen molar-refractivity contribution in [3.05, 3.63) is 52.7 Å². The highest BCUT2D eigenvalue weighted by atomic mass is 19.4. The van der Waals surface area contributed by atoms with Crippen molar-refractivity contribution >= 4 is 0 Å². The summed E-state index contributed by atoms with van der Waals surface area (Å²) in [5.74, 6) is 1.55. The number of nitrogens with one attached hydrogen (secondary N) is 1. The van der Waals surface area contributed by atoms with Crippen LogP contribution in [0.4, 0.5) is 13.2 Å². The number of hydrogen-bond donors (Lipinski definition) is 1. The van der Waals surface area contributed by atoms with E-state index in [0.29, 0.717) is 0 Å². The smallest absolute Gasteiger partial charge is 0.418 e. The van der Waals surface area contributed by atoms with Crippen LogP contribution in [0.15, 0.2) is 28.8 Å². The number of aromatic nitrogens is 1. The molecule has 0 fully saturated rings. The van der Waals surface area contributed by atoms with Crippen LogP contribution in [0.3, 0.4) is 0 Å². The number of pyridine rings is 1. The van der Waals surface area contributed by atoms with Gasteiger partial charge in [0.25, 0.3) is 0 Å². The van der Waals surface area contributed by atoms with Crippen LogP contribution >= 0.6 is 0 Å². The summed E-state index contributed by atoms with van der Waals surface area (Å²) in [7, 11) is 0. The van der Waals surface area contributed by atoms with Crippen LogP contribution in [-0.4, -0.2) is 4.98 Å². The van der Waals surface area contributed by atoms with Gasteiger partial charge < -0.3 is 9.73 Å². The second-order valence-corrected chi connectivity index (χ2v) is 4.97. The number of rotatable bonds is 4. The lowest BCUT2D eigenvalue weighted by Gasteiger charge is -2.16. The molecule has 0 aromatic carbocycles. The summed E-state index contributed by atoms with van der Waals surface area (Å²) >= 11 is 0. The molecule has 2 aromatic rings. The molecular formula is C15H17F3N2O. The lowest BCUT2D eigenvalue weighted by molar-refractivity contribution is -0.138. The fourth-order valence-corrected chi connectivity index (χ4v) is 2.28. The Balaban J connectivity index is 2.12. The van der Waals surface area contributed by atoms with Crippen LogP contribution < -0.4 is 5.32 Å². The molecule has 0 aliphatic heterocycles. The molecule has 2 heterocycles. The molecule has 0 aliphatic carbocycles. The predicted octanol–water partition coefficient (Wildman–Crippen LogP) is 4.16. The molecule has 1 atom stereocenters. The molecular weight excluding hydrogens is 281 g/mol. The van der Waals surface area contributed by atoms with Crippen molar-refractivity contribution in [2.45, 2.75) is 39.5 Å². The highest BCUT2D eigenvalue weighted by Gasteiger charge is 2.33. The second-order valence-electron chi connectivity index (χ2n) is 4.97. The monoisotopic (exact) mass is 298 g/mol. The Bertz CT molecular complexity index is 620. The molecule has 0 amide bonds. The van der Waals surface area contributed by atoms with Crippen molar-refractivity contribution in [2.24, 2.45) is 0 Å². The SMILES string of the molecule is Cc1cc([C@H](C)NCc2ncccc2C(F)(F)F)c(C)o1. The van der Waals surface area contributed by atoms with Gasteiger partial charge in [-0.2, -0.15) is 13.2 Å². The molecule has 21 heavy (non-hydrogen) atoms. The van der Waals surface area contributed by atoms with Crippen molar-refractivity contribution in [3.63, 3.8) is 0 Å². The molecule has 1 N–H and O–H groups in total. The zero-order valence-corrected chi connectivity index (χ0v) is 12.1. The van der Waals surface area contributed by atoms with E-state index in [2.05, 4.69) is 10.3 Å². The minimum absolute atomic E-state index is 0.00489. The molecule has 0 unspecified atom stereocenters. The lowest BCUT2D eigenvalue weighted by Crippen LogP contribution is -2.22. The Morgan fingerprint density at radius 1 is 1.33 bits per heavy atom. The molecule has 0 bridgehead atoms. The van der Waals surface area contributed by atoms with Crippen molar-refractivity contribution in [3.8, 4) is 0 Å². The van der Waals surface area contributed by atoms with E-state index in [1.807, 2.05) is 26.8 Å². The zero-order chi connectivity index (χ0) is 15.6. The highest BCUT2D eigenvalue weighted by Crippen LogP contribution is 2.31. The minimum atomic E-state index is -4.39. The predicted molar refractivity (Wildman–Crippen MR) is 72.7 cm³/mol. The Kier molecular flexibility index (Phi) is 4.37. The van der Waals surface area contributed by atoms with E-state index in [1.54, 1.807) is 0 Å². The van der Waals surface area contributed by atoms with Gasteiger partial charge in [-0.1, -0.05) is 0 Å². The van der Waals surface area contributed by atoms with Gasteiger partial charge in [-0.15, -0.1) is 0 Å². The fraction of sp³-hybridized carbons (Fsp3) is 0.400. The summed E-state index contributed by atoms with van der Waals surface area (Å²) in [4.78, 5) is 3.83. The van der Waals surface area contributed by atoms with E-state index in [-0.39, 0.29) is 18.3 Å². The van der Waals surface area contributed by atoms with Gasteiger partial charge in [0, 0.05) is 24.3 Å². The first-order valence-corrected chi connectivity index (χ1v) is 6.60. The Labute approximate surface area is 121 Å². The van der Waals surface area contributed by atoms with Gasteiger partial charge in [-0.05, 0) is 39.0 Å². The first-order valence-electron chi connectivity index (χ1n) is 6.60. The molecule has 0 saturated carbocycles. The van der Waals surface area contributed by atoms with Crippen LogP contribution in [0.5, 0.6) is 0 Å². The van der Waals surface area contributed by atoms with Crippen LogP contribution in [0.25, 0.3) is 0 Å². The van der Waals surface area contributed by atoms with Crippen LogP contribution in [0, 0.1) is 13.8 Å². The third-order valence-corrected chi connectivity index (χ3v) is 3.32. The summed E-state index contributed by atoms with van der Waals surface area (Å²) in [6, 6.07) is 4.10. The van der Waals surface area contributed by atoms with E-state index in [1.165, 1.54) is 12.3 Å². The van der Waals surface area contributed by atoms with Crippen molar-refractivity contribution in [1.29, 1.82) is 0 Å². The van der Waals surface area contributed by atoms with Crippen LogP contribution in [0.2, 0.25) is 0 Å². The van der Waals surface area contributed by atoms with Crippen molar-refractivity contribution < 1.29 is 17.6 Å². The first-order chi connectivity index (χ1) is 9.79. The Hall–Kier alpha value is -1.82. The first kappa shape index (κ1) is 15.6. The van der Waals surface area contributed by atoms with Crippen molar-refractivity contribution in [2.75, 3.05) is 0 Å². The normalized spacial score (nSPS) is 13.4. The van der Waals surface area contributed by atoms with E-state index in [0.717, 1.165) is 23.2 Å². The maximum Gasteiger partial charge on any atom is 0.418 e. The van der Waals surface area contributed by atoms with Gasteiger partial charge >= 0.3 is 6.18 Å². The Morgan fingerprint density at radius 2 is 2.05 bits per heavy atom. The summed E-state index contributed by atoms with van der Waals surface area (Å²) in [6.07, 6.45) is -3.03. The molecule has 0 aliphatic rings. The fourth-order valence-electron chi connectivity index (χ4n) is 2.28. The number of alkyl halides is 3. The lowest BCUT2D eigenvalue weighted by atomic mass is 10.1. The van der Waals surface area contributed by atoms with Gasteiger partial charge in [-0.3, -0.25) is 4.98 Å². The third kappa shape index (κ3) is 3.64. The third-order valence-electron chi connectivity index (χ3n) is 3.32. The number of halogens is 3. The molecule has 2 rings (SSSR count). The second kappa shape index (κ2) is 5.89. The van der Waals surface area contributed by atoms with Gasteiger partial charge in [0.05, 0.1) is 11.3 Å². The average Bonchev–Trinajstić information content (AvgIpc) is 2.74. The van der Waals surface area contributed by atoms with E-state index >= 15 is 0 Å². The molecule has 0 spiro atoms. The van der Waals surface area contributed by atoms with E-state index in [4.69, 9.17) is 4.42 Å². The molecule has 2 aromatic heterocycles. The summed E-state index contributed by atoms with van der Waals surface area (Å²) in [6.45, 7) is 5.60. The van der Waals surface area contributed by atoms with Gasteiger partial charge in [0.1, 0.15) is 11.5 Å². The minimum Gasteiger partial charge on any atom is -0.466 e. The number of nitrogens with zero attached hydrogens (tertiary/aromatic N) is 1. The average molecular weight is 298 g/mol. The topological polar surface area (TPSA) is 38.1 Å². The molecule has 0 saturated heterocycles. The summed E-state index contributed by atoms with van der Waals surface area (Å²) in [5, 5.41) is 3.06. The van der Waals surface area contributed by atoms with E-state index in [9.17, 15) is 13.2 Å². The van der Waals surface area contributed by atoms with Crippen LogP contribution in [0.1, 0.15) is 41.3 Å². The highest BCUT2D eigenvalue weighted by molar-refractivity contribution is 5.25. The van der Waals surface area contributed by atoms with Gasteiger partial charge in [0.2, 0.25) is 0 Å². The molecule has 114 valence electrons. The van der Waals surface area contributed by atoms with Gasteiger partial charge in [0.15, 0.2) is 0 Å². The molecule has 3 nitrogen and oxygen atoms in total. The van der Waals surface area contributed by atoms with Crippen LogP contribution in [-0.2, 0) is 12.7 Å². The number of furan rings is 1. The van der Waals surface area contributed by atoms with E-state index < -0.39 is 11.7 Å².